The highest BCUT2D eigenvalue weighted by molar-refractivity contribution is 7.91. The Kier molecular flexibility index (Phi) is 5.31. The Morgan fingerprint density at radius 2 is 2.11 bits per heavy atom. The first-order chi connectivity index (χ1) is 8.77. The molecule has 0 aliphatic carbocycles. The van der Waals surface area contributed by atoms with Crippen LogP contribution in [0.1, 0.15) is 18.9 Å². The molecule has 0 heterocycles. The number of sulfone groups is 1. The van der Waals surface area contributed by atoms with E-state index in [4.69, 9.17) is 11.6 Å². The van der Waals surface area contributed by atoms with Crippen molar-refractivity contribution in [2.45, 2.75) is 24.3 Å². The van der Waals surface area contributed by atoms with E-state index < -0.39 is 32.6 Å². The van der Waals surface area contributed by atoms with Crippen molar-refractivity contribution in [3.63, 3.8) is 0 Å². The number of carbonyl (C=O) groups is 1. The Balaban J connectivity index is 2.94. The van der Waals surface area contributed by atoms with Crippen LogP contribution in [0.5, 0.6) is 0 Å². The van der Waals surface area contributed by atoms with Crippen LogP contribution in [0.4, 0.5) is 4.39 Å². The van der Waals surface area contributed by atoms with Gasteiger partial charge in [0.25, 0.3) is 0 Å². The van der Waals surface area contributed by atoms with Crippen LogP contribution >= 0.6 is 11.6 Å². The molecule has 106 valence electrons. The maximum Gasteiger partial charge on any atom is 0.306 e. The number of ether oxygens (including phenoxy) is 1. The van der Waals surface area contributed by atoms with Gasteiger partial charge in [-0.05, 0) is 19.1 Å². The highest BCUT2D eigenvalue weighted by Crippen LogP contribution is 2.23. The van der Waals surface area contributed by atoms with Crippen molar-refractivity contribution in [2.75, 3.05) is 7.11 Å². The van der Waals surface area contributed by atoms with Crippen molar-refractivity contribution in [2.24, 2.45) is 0 Å². The molecule has 0 fully saturated rings. The van der Waals surface area contributed by atoms with Crippen molar-refractivity contribution in [1.82, 2.24) is 0 Å². The fourth-order valence-corrected chi connectivity index (χ4v) is 3.14. The first-order valence-electron chi connectivity index (χ1n) is 5.49. The average molecular weight is 309 g/mol. The second kappa shape index (κ2) is 6.34. The summed E-state index contributed by atoms with van der Waals surface area (Å²) in [6.07, 6.45) is -0.273. The molecule has 0 aliphatic heterocycles. The number of halogens is 2. The largest absolute Gasteiger partial charge is 0.469 e. The predicted molar refractivity (Wildman–Crippen MR) is 70.1 cm³/mol. The zero-order valence-corrected chi connectivity index (χ0v) is 12.1. The fourth-order valence-electron chi connectivity index (χ4n) is 1.46. The molecule has 0 radical (unpaired) electrons. The number of carbonyl (C=O) groups excluding carboxylic acids is 1. The quantitative estimate of drug-likeness (QED) is 0.783. The van der Waals surface area contributed by atoms with Crippen LogP contribution in [0.15, 0.2) is 18.2 Å². The van der Waals surface area contributed by atoms with Gasteiger partial charge in [0, 0.05) is 10.6 Å². The van der Waals surface area contributed by atoms with Crippen molar-refractivity contribution < 1.29 is 22.3 Å². The predicted octanol–water partition coefficient (Wildman–Crippen LogP) is 2.35. The molecule has 4 nitrogen and oxygen atoms in total. The molecule has 1 aromatic carbocycles. The molecule has 0 N–H and O–H groups in total. The summed E-state index contributed by atoms with van der Waals surface area (Å²) in [5.74, 6) is -1.85. The Bertz CT molecular complexity index is 551. The SMILES string of the molecule is COC(=O)CC(C)S(=O)(=O)Cc1c(F)cccc1Cl. The standard InChI is InChI=1S/C12H14ClFO4S/c1-8(6-12(15)18-2)19(16,17)7-9-10(13)4-3-5-11(9)14/h3-5,8H,6-7H2,1-2H3. The summed E-state index contributed by atoms with van der Waals surface area (Å²) in [6, 6.07) is 3.95. The number of benzene rings is 1. The first kappa shape index (κ1) is 15.9. The molecule has 0 aliphatic rings. The van der Waals surface area contributed by atoms with Gasteiger partial charge in [0.05, 0.1) is 24.5 Å². The van der Waals surface area contributed by atoms with E-state index in [9.17, 15) is 17.6 Å². The Hall–Kier alpha value is -1.14. The zero-order chi connectivity index (χ0) is 14.6. The second-order valence-electron chi connectivity index (χ2n) is 4.10. The van der Waals surface area contributed by atoms with Gasteiger partial charge in [0.1, 0.15) is 5.82 Å². The second-order valence-corrected chi connectivity index (χ2v) is 6.92. The lowest BCUT2D eigenvalue weighted by Crippen LogP contribution is -2.24. The third-order valence-corrected chi connectivity index (χ3v) is 5.14. The summed E-state index contributed by atoms with van der Waals surface area (Å²) in [5.41, 5.74) is -0.0825. The van der Waals surface area contributed by atoms with Crippen molar-refractivity contribution in [1.29, 1.82) is 0 Å². The number of hydrogen-bond acceptors (Lipinski definition) is 4. The van der Waals surface area contributed by atoms with Crippen molar-refractivity contribution >= 4 is 27.4 Å². The first-order valence-corrected chi connectivity index (χ1v) is 7.58. The van der Waals surface area contributed by atoms with E-state index in [0.717, 1.165) is 6.07 Å². The van der Waals surface area contributed by atoms with Crippen LogP contribution < -0.4 is 0 Å². The average Bonchev–Trinajstić information content (AvgIpc) is 2.33. The van der Waals surface area contributed by atoms with Crippen LogP contribution in [-0.2, 0) is 25.1 Å². The highest BCUT2D eigenvalue weighted by Gasteiger charge is 2.26. The topological polar surface area (TPSA) is 60.4 Å². The van der Waals surface area contributed by atoms with E-state index in [-0.39, 0.29) is 17.0 Å². The molecule has 0 bridgehead atoms. The zero-order valence-electron chi connectivity index (χ0n) is 10.5. The van der Waals surface area contributed by atoms with E-state index in [1.54, 1.807) is 0 Å². The molecule has 19 heavy (non-hydrogen) atoms. The van der Waals surface area contributed by atoms with E-state index in [1.807, 2.05) is 0 Å². The fraction of sp³-hybridized carbons (Fsp3) is 0.417. The van der Waals surface area contributed by atoms with Crippen LogP contribution in [0, 0.1) is 5.82 Å². The van der Waals surface area contributed by atoms with Gasteiger partial charge in [-0.25, -0.2) is 12.8 Å². The smallest absolute Gasteiger partial charge is 0.306 e. The molecular weight excluding hydrogens is 295 g/mol. The molecule has 1 unspecified atom stereocenters. The molecule has 0 aromatic heterocycles. The van der Waals surface area contributed by atoms with Crippen LogP contribution in [0.2, 0.25) is 5.02 Å². The van der Waals surface area contributed by atoms with Crippen LogP contribution in [-0.4, -0.2) is 26.7 Å². The molecule has 0 amide bonds. The van der Waals surface area contributed by atoms with E-state index in [1.165, 1.54) is 26.2 Å². The molecule has 7 heteroatoms. The summed E-state index contributed by atoms with van der Waals surface area (Å²) in [4.78, 5) is 11.1. The van der Waals surface area contributed by atoms with Crippen LogP contribution in [0.25, 0.3) is 0 Å². The van der Waals surface area contributed by atoms with E-state index in [2.05, 4.69) is 4.74 Å². The Morgan fingerprint density at radius 1 is 1.47 bits per heavy atom. The molecule has 1 atom stereocenters. The monoisotopic (exact) mass is 308 g/mol. The van der Waals surface area contributed by atoms with Gasteiger partial charge in [0.15, 0.2) is 9.84 Å². The van der Waals surface area contributed by atoms with Gasteiger partial charge in [-0.3, -0.25) is 4.79 Å². The summed E-state index contributed by atoms with van der Waals surface area (Å²) >= 11 is 5.78. The minimum atomic E-state index is -3.69. The minimum absolute atomic E-state index is 0.0499. The van der Waals surface area contributed by atoms with Crippen molar-refractivity contribution in [3.05, 3.63) is 34.6 Å². The summed E-state index contributed by atoms with van der Waals surface area (Å²) in [6.45, 7) is 1.38. The van der Waals surface area contributed by atoms with Crippen LogP contribution in [0.3, 0.4) is 0 Å². The van der Waals surface area contributed by atoms with Gasteiger partial charge in [-0.1, -0.05) is 17.7 Å². The molecule has 0 saturated carbocycles. The molecule has 0 saturated heterocycles. The normalized spacial score (nSPS) is 13.1. The van der Waals surface area contributed by atoms with Gasteiger partial charge in [-0.15, -0.1) is 0 Å². The van der Waals surface area contributed by atoms with Gasteiger partial charge < -0.3 is 4.74 Å². The minimum Gasteiger partial charge on any atom is -0.469 e. The third-order valence-electron chi connectivity index (χ3n) is 2.70. The van der Waals surface area contributed by atoms with E-state index >= 15 is 0 Å². The summed E-state index contributed by atoms with van der Waals surface area (Å²) < 4.78 is 42.0. The lowest BCUT2D eigenvalue weighted by Gasteiger charge is -2.13. The number of rotatable bonds is 5. The number of hydrogen-bond donors (Lipinski definition) is 0. The number of esters is 1. The summed E-state index contributed by atoms with van der Waals surface area (Å²) in [7, 11) is -2.51. The van der Waals surface area contributed by atoms with Crippen molar-refractivity contribution in [3.8, 4) is 0 Å². The third kappa shape index (κ3) is 4.18. The molecule has 0 spiro atoms. The molecular formula is C12H14ClFO4S. The Labute approximate surface area is 116 Å². The van der Waals surface area contributed by atoms with Gasteiger partial charge in [-0.2, -0.15) is 0 Å². The van der Waals surface area contributed by atoms with Gasteiger partial charge in [0.2, 0.25) is 0 Å². The summed E-state index contributed by atoms with van der Waals surface area (Å²) in [5, 5.41) is -0.913. The maximum atomic E-state index is 13.5. The number of methoxy groups -OCH3 is 1. The Morgan fingerprint density at radius 3 is 2.63 bits per heavy atom. The molecule has 1 aromatic rings. The highest BCUT2D eigenvalue weighted by atomic mass is 35.5. The lowest BCUT2D eigenvalue weighted by atomic mass is 10.2. The maximum absolute atomic E-state index is 13.5. The lowest BCUT2D eigenvalue weighted by molar-refractivity contribution is -0.140. The van der Waals surface area contributed by atoms with E-state index in [0.29, 0.717) is 0 Å². The van der Waals surface area contributed by atoms with Gasteiger partial charge >= 0.3 is 5.97 Å². The molecule has 1 rings (SSSR count).